The zero-order valence-corrected chi connectivity index (χ0v) is 15.9. The van der Waals surface area contributed by atoms with Gasteiger partial charge < -0.3 is 19.9 Å². The molecule has 1 heterocycles. The van der Waals surface area contributed by atoms with E-state index in [9.17, 15) is 14.0 Å². The Morgan fingerprint density at radius 2 is 1.71 bits per heavy atom. The fourth-order valence-electron chi connectivity index (χ4n) is 3.16. The average molecular weight is 385 g/mol. The smallest absolute Gasteiger partial charge is 0.233 e. The van der Waals surface area contributed by atoms with Gasteiger partial charge in [-0.1, -0.05) is 12.1 Å². The highest BCUT2D eigenvalue weighted by atomic mass is 19.1. The van der Waals surface area contributed by atoms with Crippen molar-refractivity contribution in [3.05, 3.63) is 54.3 Å². The van der Waals surface area contributed by atoms with Crippen molar-refractivity contribution >= 4 is 23.2 Å². The van der Waals surface area contributed by atoms with E-state index < -0.39 is 0 Å². The topological polar surface area (TPSA) is 61.9 Å². The molecule has 7 heteroatoms. The maximum absolute atomic E-state index is 13.1. The highest BCUT2D eigenvalue weighted by molar-refractivity contribution is 6.04. The largest absolute Gasteiger partial charge is 0.492 e. The third kappa shape index (κ3) is 5.00. The number of nitrogens with one attached hydrogen (secondary N) is 1. The summed E-state index contributed by atoms with van der Waals surface area (Å²) in [6.45, 7) is 4.70. The molecule has 148 valence electrons. The zero-order valence-electron chi connectivity index (χ0n) is 15.9. The van der Waals surface area contributed by atoms with Crippen molar-refractivity contribution in [1.29, 1.82) is 0 Å². The number of ether oxygens (including phenoxy) is 1. The van der Waals surface area contributed by atoms with Crippen molar-refractivity contribution in [1.82, 2.24) is 4.90 Å². The van der Waals surface area contributed by atoms with E-state index in [0.29, 0.717) is 44.2 Å². The van der Waals surface area contributed by atoms with Gasteiger partial charge in [0.1, 0.15) is 18.0 Å². The van der Waals surface area contributed by atoms with E-state index in [2.05, 4.69) is 10.2 Å². The summed E-state index contributed by atoms with van der Waals surface area (Å²) in [6.07, 6.45) is -0.211. The van der Waals surface area contributed by atoms with Crippen LogP contribution in [0.15, 0.2) is 48.5 Å². The Hall–Kier alpha value is -3.09. The minimum atomic E-state index is -0.363. The Morgan fingerprint density at radius 3 is 2.39 bits per heavy atom. The van der Waals surface area contributed by atoms with Crippen molar-refractivity contribution in [3.63, 3.8) is 0 Å². The van der Waals surface area contributed by atoms with Crippen molar-refractivity contribution in [2.45, 2.75) is 13.3 Å². The number of carbonyl (C=O) groups is 2. The van der Waals surface area contributed by atoms with E-state index in [4.69, 9.17) is 4.74 Å². The summed E-state index contributed by atoms with van der Waals surface area (Å²) in [7, 11) is 0. The van der Waals surface area contributed by atoms with Crippen LogP contribution >= 0.6 is 0 Å². The number of amides is 2. The molecule has 0 bridgehead atoms. The number of para-hydroxylation sites is 2. The molecule has 2 aromatic rings. The molecule has 0 unspecified atom stereocenters. The van der Waals surface area contributed by atoms with Gasteiger partial charge in [-0.2, -0.15) is 0 Å². The van der Waals surface area contributed by atoms with Crippen molar-refractivity contribution in [2.75, 3.05) is 43.0 Å². The molecule has 28 heavy (non-hydrogen) atoms. The Kier molecular flexibility index (Phi) is 6.47. The summed E-state index contributed by atoms with van der Waals surface area (Å²) < 4.78 is 18.5. The molecular formula is C21H24FN3O3. The number of benzene rings is 2. The quantitative estimate of drug-likeness (QED) is 0.777. The molecule has 0 radical (unpaired) electrons. The predicted molar refractivity (Wildman–Crippen MR) is 106 cm³/mol. The van der Waals surface area contributed by atoms with Crippen LogP contribution in [0, 0.1) is 5.82 Å². The van der Waals surface area contributed by atoms with E-state index >= 15 is 0 Å². The van der Waals surface area contributed by atoms with Crippen LogP contribution in [0.4, 0.5) is 15.8 Å². The second kappa shape index (κ2) is 9.21. The molecule has 1 N–H and O–H groups in total. The van der Waals surface area contributed by atoms with Crippen LogP contribution in [0.3, 0.4) is 0 Å². The number of piperazine rings is 1. The average Bonchev–Trinajstić information content (AvgIpc) is 2.70. The first-order valence-corrected chi connectivity index (χ1v) is 9.37. The number of hydrogen-bond donors (Lipinski definition) is 1. The zero-order chi connectivity index (χ0) is 19.9. The molecule has 1 aliphatic rings. The Bertz CT molecular complexity index is 818. The van der Waals surface area contributed by atoms with E-state index in [1.54, 1.807) is 35.2 Å². The molecule has 0 aliphatic carbocycles. The summed E-state index contributed by atoms with van der Waals surface area (Å²) in [4.78, 5) is 28.5. The summed E-state index contributed by atoms with van der Waals surface area (Å²) in [5, 5.41) is 2.75. The monoisotopic (exact) mass is 385 g/mol. The first kappa shape index (κ1) is 19.7. The van der Waals surface area contributed by atoms with Crippen LogP contribution in [0.1, 0.15) is 13.3 Å². The van der Waals surface area contributed by atoms with Gasteiger partial charge in [-0.15, -0.1) is 0 Å². The van der Waals surface area contributed by atoms with Crippen LogP contribution in [-0.2, 0) is 9.59 Å². The van der Waals surface area contributed by atoms with Gasteiger partial charge in [-0.3, -0.25) is 9.59 Å². The number of carbonyl (C=O) groups excluding carboxylic acids is 2. The van der Waals surface area contributed by atoms with Gasteiger partial charge in [0.15, 0.2) is 0 Å². The minimum absolute atomic E-state index is 0.204. The molecular weight excluding hydrogens is 361 g/mol. The fourth-order valence-corrected chi connectivity index (χ4v) is 3.16. The van der Waals surface area contributed by atoms with Crippen molar-refractivity contribution < 1.29 is 18.7 Å². The second-order valence-electron chi connectivity index (χ2n) is 6.50. The minimum Gasteiger partial charge on any atom is -0.492 e. The number of nitrogens with zero attached hydrogens (tertiary/aromatic N) is 2. The maximum atomic E-state index is 13.1. The lowest BCUT2D eigenvalue weighted by atomic mass is 10.2. The van der Waals surface area contributed by atoms with Gasteiger partial charge >= 0.3 is 0 Å². The van der Waals surface area contributed by atoms with E-state index in [0.717, 1.165) is 5.69 Å². The van der Waals surface area contributed by atoms with Gasteiger partial charge in [-0.05, 0) is 43.3 Å². The SMILES string of the molecule is CCOc1ccccc1NC(=O)CC(=O)N1CCN(c2ccc(F)cc2)CC1. The molecule has 0 aromatic heterocycles. The van der Waals surface area contributed by atoms with Crippen LogP contribution < -0.4 is 15.0 Å². The second-order valence-corrected chi connectivity index (χ2v) is 6.50. The third-order valence-corrected chi connectivity index (χ3v) is 4.60. The standard InChI is InChI=1S/C21H24FN3O3/c1-2-28-19-6-4-3-5-18(19)23-20(26)15-21(27)25-13-11-24(12-14-25)17-9-7-16(22)8-10-17/h3-10H,2,11-15H2,1H3,(H,23,26). The Balaban J connectivity index is 1.50. The number of halogens is 1. The molecule has 2 amide bonds. The van der Waals surface area contributed by atoms with Crippen LogP contribution in [0.2, 0.25) is 0 Å². The van der Waals surface area contributed by atoms with E-state index in [-0.39, 0.29) is 24.1 Å². The van der Waals surface area contributed by atoms with Crippen LogP contribution in [0.5, 0.6) is 5.75 Å². The summed E-state index contributed by atoms with van der Waals surface area (Å²) in [5.41, 5.74) is 1.49. The fraction of sp³-hybridized carbons (Fsp3) is 0.333. The van der Waals surface area contributed by atoms with Gasteiger partial charge in [0, 0.05) is 31.9 Å². The molecule has 0 atom stereocenters. The summed E-state index contributed by atoms with van der Waals surface area (Å²) in [5.74, 6) is -0.253. The number of hydrogen-bond acceptors (Lipinski definition) is 4. The van der Waals surface area contributed by atoms with Crippen LogP contribution in [-0.4, -0.2) is 49.5 Å². The molecule has 3 rings (SSSR count). The predicted octanol–water partition coefficient (Wildman–Crippen LogP) is 2.90. The van der Waals surface area contributed by atoms with Gasteiger partial charge in [0.2, 0.25) is 11.8 Å². The highest BCUT2D eigenvalue weighted by Gasteiger charge is 2.23. The van der Waals surface area contributed by atoms with E-state index in [1.165, 1.54) is 12.1 Å². The first-order chi connectivity index (χ1) is 13.6. The lowest BCUT2D eigenvalue weighted by Gasteiger charge is -2.36. The van der Waals surface area contributed by atoms with Gasteiger partial charge in [0.05, 0.1) is 12.3 Å². The number of rotatable bonds is 6. The molecule has 1 fully saturated rings. The van der Waals surface area contributed by atoms with Crippen LogP contribution in [0.25, 0.3) is 0 Å². The normalized spacial score (nSPS) is 13.9. The third-order valence-electron chi connectivity index (χ3n) is 4.60. The van der Waals surface area contributed by atoms with Gasteiger partial charge in [-0.25, -0.2) is 4.39 Å². The molecule has 6 nitrogen and oxygen atoms in total. The number of anilines is 2. The first-order valence-electron chi connectivity index (χ1n) is 9.37. The van der Waals surface area contributed by atoms with Gasteiger partial charge in [0.25, 0.3) is 0 Å². The Labute approximate surface area is 163 Å². The summed E-state index contributed by atoms with van der Waals surface area (Å²) in [6, 6.07) is 13.5. The molecule has 0 spiro atoms. The summed E-state index contributed by atoms with van der Waals surface area (Å²) >= 11 is 0. The molecule has 2 aromatic carbocycles. The van der Waals surface area contributed by atoms with Crippen molar-refractivity contribution in [2.24, 2.45) is 0 Å². The molecule has 1 saturated heterocycles. The lowest BCUT2D eigenvalue weighted by molar-refractivity contribution is -0.134. The lowest BCUT2D eigenvalue weighted by Crippen LogP contribution is -2.49. The Morgan fingerprint density at radius 1 is 1.04 bits per heavy atom. The van der Waals surface area contributed by atoms with Crippen molar-refractivity contribution in [3.8, 4) is 5.75 Å². The van der Waals surface area contributed by atoms with E-state index in [1.807, 2.05) is 13.0 Å². The highest BCUT2D eigenvalue weighted by Crippen LogP contribution is 2.24. The molecule has 1 aliphatic heterocycles. The molecule has 0 saturated carbocycles. The maximum Gasteiger partial charge on any atom is 0.233 e.